The summed E-state index contributed by atoms with van der Waals surface area (Å²) in [5, 5.41) is 4.83. The number of amides is 2. The topological polar surface area (TPSA) is 84.5 Å². The average molecular weight is 282 g/mol. The van der Waals surface area contributed by atoms with E-state index in [1.54, 1.807) is 0 Å². The molecule has 0 spiro atoms. The van der Waals surface area contributed by atoms with Crippen LogP contribution in [0.5, 0.6) is 0 Å². The van der Waals surface area contributed by atoms with Crippen molar-refractivity contribution in [2.45, 2.75) is 11.5 Å². The van der Waals surface area contributed by atoms with Crippen molar-refractivity contribution in [3.8, 4) is 0 Å². The Labute approximate surface area is 113 Å². The third-order valence-corrected chi connectivity index (χ3v) is 4.29. The van der Waals surface area contributed by atoms with Crippen LogP contribution in [0, 0.1) is 0 Å². The predicted molar refractivity (Wildman–Crippen MR) is 69.6 cm³/mol. The first-order valence-corrected chi connectivity index (χ1v) is 7.21. The fourth-order valence-electron chi connectivity index (χ4n) is 1.65. The molecule has 2 N–H and O–H groups in total. The molecule has 1 aliphatic rings. The van der Waals surface area contributed by atoms with E-state index < -0.39 is 27.7 Å². The second-order valence-electron chi connectivity index (χ2n) is 4.15. The minimum atomic E-state index is -1.50. The highest BCUT2D eigenvalue weighted by molar-refractivity contribution is 7.86. The predicted octanol–water partition coefficient (Wildman–Crippen LogP) is 0.117. The molecule has 1 unspecified atom stereocenters. The van der Waals surface area contributed by atoms with Gasteiger partial charge in [0.15, 0.2) is 0 Å². The molecule has 0 aliphatic carbocycles. The Morgan fingerprint density at radius 2 is 2.16 bits per heavy atom. The summed E-state index contributed by atoms with van der Waals surface area (Å²) in [5.74, 6) is -0.454. The monoisotopic (exact) mass is 282 g/mol. The highest BCUT2D eigenvalue weighted by atomic mass is 32.2. The van der Waals surface area contributed by atoms with Crippen molar-refractivity contribution in [1.82, 2.24) is 10.6 Å². The lowest BCUT2D eigenvalue weighted by molar-refractivity contribution is -0.130. The van der Waals surface area contributed by atoms with Gasteiger partial charge in [-0.05, 0) is 5.56 Å². The highest BCUT2D eigenvalue weighted by Gasteiger charge is 2.52. The summed E-state index contributed by atoms with van der Waals surface area (Å²) in [6, 6.07) is 9.16. The van der Waals surface area contributed by atoms with Gasteiger partial charge in [-0.1, -0.05) is 30.3 Å². The van der Waals surface area contributed by atoms with Gasteiger partial charge >= 0.3 is 6.09 Å². The summed E-state index contributed by atoms with van der Waals surface area (Å²) >= 11 is 0. The van der Waals surface area contributed by atoms with Crippen LogP contribution in [-0.2, 0) is 26.9 Å². The van der Waals surface area contributed by atoms with Gasteiger partial charge in [-0.2, -0.15) is 0 Å². The van der Waals surface area contributed by atoms with E-state index in [4.69, 9.17) is 4.74 Å². The van der Waals surface area contributed by atoms with Gasteiger partial charge in [0.25, 0.3) is 5.91 Å². The third-order valence-electron chi connectivity index (χ3n) is 2.87. The van der Waals surface area contributed by atoms with Gasteiger partial charge in [-0.25, -0.2) is 4.79 Å². The van der Waals surface area contributed by atoms with Crippen molar-refractivity contribution >= 4 is 22.8 Å². The van der Waals surface area contributed by atoms with Gasteiger partial charge < -0.3 is 10.1 Å². The van der Waals surface area contributed by atoms with E-state index in [2.05, 4.69) is 10.6 Å². The summed E-state index contributed by atoms with van der Waals surface area (Å²) in [4.78, 5) is 21.7. The van der Waals surface area contributed by atoms with Crippen molar-refractivity contribution in [1.29, 1.82) is 0 Å². The first-order chi connectivity index (χ1) is 9.04. The number of benzene rings is 1. The smallest absolute Gasteiger partial charge is 0.409 e. The standard InChI is InChI=1S/C12H14N2O4S/c1-19(17)12(8-13-10(12)15)14-11(16)18-7-9-5-3-2-4-6-9/h2-6H,7-8H2,1H3,(H,13,15)(H,14,16)/t12-,19?/m0/s1. The number of hydrogen-bond donors (Lipinski definition) is 2. The van der Waals surface area contributed by atoms with Crippen LogP contribution in [0.2, 0.25) is 0 Å². The van der Waals surface area contributed by atoms with Gasteiger partial charge in [-0.15, -0.1) is 0 Å². The molecular formula is C12H14N2O4S. The fourth-order valence-corrected chi connectivity index (χ4v) is 2.49. The van der Waals surface area contributed by atoms with Crippen LogP contribution in [-0.4, -0.2) is 33.9 Å². The van der Waals surface area contributed by atoms with Crippen LogP contribution < -0.4 is 10.6 Å². The minimum Gasteiger partial charge on any atom is -0.445 e. The molecule has 1 heterocycles. The Balaban J connectivity index is 1.91. The molecule has 1 aliphatic heterocycles. The second-order valence-corrected chi connectivity index (χ2v) is 5.76. The van der Waals surface area contributed by atoms with Gasteiger partial charge in [0, 0.05) is 6.26 Å². The maximum Gasteiger partial charge on any atom is 0.409 e. The number of ether oxygens (including phenoxy) is 1. The number of carbonyl (C=O) groups is 2. The van der Waals surface area contributed by atoms with Gasteiger partial charge in [0.2, 0.25) is 4.87 Å². The van der Waals surface area contributed by atoms with E-state index in [1.807, 2.05) is 30.3 Å². The Kier molecular flexibility index (Phi) is 3.84. The maximum atomic E-state index is 11.6. The van der Waals surface area contributed by atoms with Crippen LogP contribution in [0.25, 0.3) is 0 Å². The molecule has 1 saturated heterocycles. The molecule has 1 aromatic rings. The summed E-state index contributed by atoms with van der Waals surface area (Å²) in [5.41, 5.74) is 0.836. The lowest BCUT2D eigenvalue weighted by Gasteiger charge is -2.38. The van der Waals surface area contributed by atoms with Crippen LogP contribution in [0.4, 0.5) is 4.79 Å². The van der Waals surface area contributed by atoms with Gasteiger partial charge in [0.05, 0.1) is 17.3 Å². The lowest BCUT2D eigenvalue weighted by atomic mass is 10.1. The van der Waals surface area contributed by atoms with E-state index in [9.17, 15) is 13.8 Å². The second kappa shape index (κ2) is 5.40. The van der Waals surface area contributed by atoms with Gasteiger partial charge in [0.1, 0.15) is 6.61 Å². The molecule has 102 valence electrons. The molecule has 1 aromatic carbocycles. The molecular weight excluding hydrogens is 268 g/mol. The number of carbonyl (C=O) groups excluding carboxylic acids is 2. The zero-order valence-corrected chi connectivity index (χ0v) is 11.2. The Hall–Kier alpha value is -1.89. The summed E-state index contributed by atoms with van der Waals surface area (Å²) in [6.45, 7) is 0.246. The van der Waals surface area contributed by atoms with E-state index in [0.717, 1.165) is 5.56 Å². The molecule has 0 saturated carbocycles. The largest absolute Gasteiger partial charge is 0.445 e. The van der Waals surface area contributed by atoms with Crippen LogP contribution in [0.3, 0.4) is 0 Å². The zero-order valence-electron chi connectivity index (χ0n) is 10.3. The van der Waals surface area contributed by atoms with Crippen LogP contribution in [0.15, 0.2) is 30.3 Å². The van der Waals surface area contributed by atoms with Crippen LogP contribution in [0.1, 0.15) is 5.56 Å². The molecule has 2 atom stereocenters. The number of β-lactam (4-membered cyclic amide) rings is 1. The quantitative estimate of drug-likeness (QED) is 0.768. The average Bonchev–Trinajstić information content (AvgIpc) is 2.41. The van der Waals surface area contributed by atoms with Crippen molar-refractivity contribution in [2.24, 2.45) is 0 Å². The van der Waals surface area contributed by atoms with Gasteiger partial charge in [-0.3, -0.25) is 14.3 Å². The third kappa shape index (κ3) is 2.76. The molecule has 2 rings (SSSR count). The molecule has 0 bridgehead atoms. The molecule has 0 radical (unpaired) electrons. The SMILES string of the molecule is CS(=O)[C@@]1(NC(=O)OCc2ccccc2)CNC1=O. The Morgan fingerprint density at radius 3 is 2.63 bits per heavy atom. The Morgan fingerprint density at radius 1 is 1.47 bits per heavy atom. The van der Waals surface area contributed by atoms with Crippen LogP contribution >= 0.6 is 0 Å². The lowest BCUT2D eigenvalue weighted by Crippen LogP contribution is -2.74. The normalized spacial score (nSPS) is 22.9. The van der Waals surface area contributed by atoms with E-state index in [0.29, 0.717) is 0 Å². The first-order valence-electron chi connectivity index (χ1n) is 5.65. The van der Waals surface area contributed by atoms with E-state index in [-0.39, 0.29) is 13.2 Å². The number of nitrogens with one attached hydrogen (secondary N) is 2. The highest BCUT2D eigenvalue weighted by Crippen LogP contribution is 2.17. The Bertz CT molecular complexity index is 510. The van der Waals surface area contributed by atoms with Crippen molar-refractivity contribution in [3.05, 3.63) is 35.9 Å². The molecule has 19 heavy (non-hydrogen) atoms. The fraction of sp³-hybridized carbons (Fsp3) is 0.333. The molecule has 0 aromatic heterocycles. The zero-order chi connectivity index (χ0) is 13.9. The first kappa shape index (κ1) is 13.5. The summed E-state index contributed by atoms with van der Waals surface area (Å²) in [7, 11) is -1.50. The number of alkyl carbamates (subject to hydrolysis) is 1. The molecule has 6 nitrogen and oxygen atoms in total. The van der Waals surface area contributed by atoms with E-state index >= 15 is 0 Å². The summed E-state index contributed by atoms with van der Waals surface area (Å²) in [6.07, 6.45) is 0.616. The number of hydrogen-bond acceptors (Lipinski definition) is 4. The van der Waals surface area contributed by atoms with Crippen molar-refractivity contribution < 1.29 is 18.5 Å². The summed E-state index contributed by atoms with van der Waals surface area (Å²) < 4.78 is 16.5. The van der Waals surface area contributed by atoms with E-state index in [1.165, 1.54) is 6.26 Å². The molecule has 2 amide bonds. The van der Waals surface area contributed by atoms with Crippen molar-refractivity contribution in [3.63, 3.8) is 0 Å². The maximum absolute atomic E-state index is 11.6. The van der Waals surface area contributed by atoms with Crippen molar-refractivity contribution in [2.75, 3.05) is 12.8 Å². The number of rotatable bonds is 4. The molecule has 1 fully saturated rings. The minimum absolute atomic E-state index is 0.0979. The molecule has 7 heteroatoms.